The number of rotatable bonds is 4. The maximum Gasteiger partial charge on any atom is 0.253 e. The van der Waals surface area contributed by atoms with Crippen LogP contribution in [0.2, 0.25) is 0 Å². The lowest BCUT2D eigenvalue weighted by atomic mass is 9.91. The quantitative estimate of drug-likeness (QED) is 0.641. The van der Waals surface area contributed by atoms with Crippen molar-refractivity contribution in [1.29, 1.82) is 0 Å². The molecule has 2 aromatic rings. The van der Waals surface area contributed by atoms with Crippen molar-refractivity contribution in [3.8, 4) is 11.5 Å². The maximum absolute atomic E-state index is 9.42. The van der Waals surface area contributed by atoms with Crippen molar-refractivity contribution in [1.82, 2.24) is 0 Å². The van der Waals surface area contributed by atoms with Gasteiger partial charge in [-0.2, -0.15) is 0 Å². The lowest BCUT2D eigenvalue weighted by Crippen LogP contribution is -1.91. The maximum atomic E-state index is 9.42. The van der Waals surface area contributed by atoms with Crippen molar-refractivity contribution in [3.63, 3.8) is 0 Å². The van der Waals surface area contributed by atoms with E-state index in [2.05, 4.69) is 13.8 Å². The molecule has 0 aromatic heterocycles. The van der Waals surface area contributed by atoms with E-state index in [-0.39, 0.29) is 0 Å². The van der Waals surface area contributed by atoms with Gasteiger partial charge in [0.05, 0.1) is 0 Å². The van der Waals surface area contributed by atoms with E-state index in [1.807, 2.05) is 36.4 Å². The number of benzene rings is 2. The van der Waals surface area contributed by atoms with Gasteiger partial charge in [-0.25, -0.2) is 0 Å². The molecule has 0 amide bonds. The Morgan fingerprint density at radius 3 is 1.60 bits per heavy atom. The minimum absolute atomic E-state index is 0.292. The van der Waals surface area contributed by atoms with E-state index < -0.39 is 0 Å². The van der Waals surface area contributed by atoms with E-state index in [1.54, 1.807) is 12.1 Å². The Bertz CT molecular complexity index is 537. The Hall–Kier alpha value is -2.22. The molecule has 0 fully saturated rings. The van der Waals surface area contributed by atoms with Crippen molar-refractivity contribution in [2.24, 2.45) is 0 Å². The molecule has 20 heavy (non-hydrogen) atoms. The highest BCUT2D eigenvalue weighted by molar-refractivity contribution is 5.90. The van der Waals surface area contributed by atoms with E-state index in [9.17, 15) is 5.11 Å². The van der Waals surface area contributed by atoms with Gasteiger partial charge in [-0.15, -0.1) is 0 Å². The van der Waals surface area contributed by atoms with Crippen LogP contribution in [0, 0.1) is 0 Å². The first-order valence-corrected chi connectivity index (χ1v) is 6.99. The van der Waals surface area contributed by atoms with Gasteiger partial charge < -0.3 is 10.2 Å². The summed E-state index contributed by atoms with van der Waals surface area (Å²) in [7, 11) is 0. The summed E-state index contributed by atoms with van der Waals surface area (Å²) in [5.41, 5.74) is 4.92. The van der Waals surface area contributed by atoms with Crippen LogP contribution in [0.3, 0.4) is 0 Å². The topological polar surface area (TPSA) is 43.1 Å². The predicted octanol–water partition coefficient (Wildman–Crippen LogP) is 4.56. The van der Waals surface area contributed by atoms with Crippen LogP contribution in [0.4, 0.5) is 0 Å². The summed E-state index contributed by atoms with van der Waals surface area (Å²) in [4.78, 5) is 0. The molecule has 2 nitrogen and oxygen atoms in total. The van der Waals surface area contributed by atoms with Gasteiger partial charge in [-0.05, 0) is 59.4 Å². The summed E-state index contributed by atoms with van der Waals surface area (Å²) in [6.45, 7) is 4.30. The van der Waals surface area contributed by atoms with Crippen molar-refractivity contribution < 1.29 is 10.2 Å². The number of aromatic hydroxyl groups is 1. The largest absolute Gasteiger partial charge is 0.593 e. The molecule has 0 aliphatic heterocycles. The molecule has 0 saturated carbocycles. The zero-order valence-electron chi connectivity index (χ0n) is 12.0. The third-order valence-corrected chi connectivity index (χ3v) is 3.52. The average molecular weight is 269 g/mol. The summed E-state index contributed by atoms with van der Waals surface area (Å²) in [6, 6.07) is 15.1. The van der Waals surface area contributed by atoms with Crippen molar-refractivity contribution in [3.05, 3.63) is 59.7 Å². The molecular formula is C18H21O2+. The first kappa shape index (κ1) is 14.2. The van der Waals surface area contributed by atoms with Crippen LogP contribution in [0.1, 0.15) is 37.8 Å². The van der Waals surface area contributed by atoms with Crippen LogP contribution in [-0.4, -0.2) is 10.2 Å². The minimum atomic E-state index is 0.292. The lowest BCUT2D eigenvalue weighted by Gasteiger charge is -2.14. The van der Waals surface area contributed by atoms with Crippen LogP contribution in [0.5, 0.6) is 11.5 Å². The number of phenolic OH excluding ortho intramolecular Hbond substituents is 1. The van der Waals surface area contributed by atoms with Gasteiger partial charge in [-0.1, -0.05) is 26.0 Å². The van der Waals surface area contributed by atoms with E-state index in [0.717, 1.165) is 18.4 Å². The smallest absolute Gasteiger partial charge is 0.253 e. The zero-order chi connectivity index (χ0) is 14.5. The number of hydrogen-bond acceptors (Lipinski definition) is 1. The molecule has 0 radical (unpaired) electrons. The van der Waals surface area contributed by atoms with Crippen molar-refractivity contribution in [2.45, 2.75) is 26.7 Å². The third kappa shape index (κ3) is 3.02. The fraction of sp³-hybridized carbons (Fsp3) is 0.222. The molecule has 0 unspecified atom stereocenters. The Kier molecular flexibility index (Phi) is 4.46. The Morgan fingerprint density at radius 1 is 0.800 bits per heavy atom. The monoisotopic (exact) mass is 269 g/mol. The standard InChI is InChI=1S/C18H20O2/c1-3-17(13-5-9-15(19)10-6-13)18(4-2)14-7-11-16(20)12-8-14/h5-12,19-20H,3-4H2,1-2H3/p+1. The molecule has 0 aliphatic carbocycles. The lowest BCUT2D eigenvalue weighted by molar-refractivity contribution is 0.474. The first-order chi connectivity index (χ1) is 9.65. The van der Waals surface area contributed by atoms with Gasteiger partial charge in [-0.3, -0.25) is 0 Å². The van der Waals surface area contributed by atoms with E-state index in [1.165, 1.54) is 16.7 Å². The van der Waals surface area contributed by atoms with Crippen molar-refractivity contribution >= 4 is 11.1 Å². The van der Waals surface area contributed by atoms with Crippen molar-refractivity contribution in [2.75, 3.05) is 0 Å². The molecule has 0 bridgehead atoms. The van der Waals surface area contributed by atoms with E-state index >= 15 is 0 Å². The average Bonchev–Trinajstić information content (AvgIpc) is 2.47. The normalized spacial score (nSPS) is 12.1. The second-order valence-corrected chi connectivity index (χ2v) is 4.79. The summed E-state index contributed by atoms with van der Waals surface area (Å²) >= 11 is 0. The minimum Gasteiger partial charge on any atom is -0.593 e. The highest BCUT2D eigenvalue weighted by Crippen LogP contribution is 2.32. The zero-order valence-corrected chi connectivity index (χ0v) is 12.0. The molecular weight excluding hydrogens is 248 g/mol. The molecule has 0 atom stereocenters. The summed E-state index contributed by atoms with van der Waals surface area (Å²) in [6.07, 6.45) is 1.89. The molecule has 0 spiro atoms. The van der Waals surface area contributed by atoms with Gasteiger partial charge in [0.15, 0.2) is 0 Å². The Morgan fingerprint density at radius 2 is 1.20 bits per heavy atom. The fourth-order valence-corrected chi connectivity index (χ4v) is 2.52. The summed E-state index contributed by atoms with van der Waals surface area (Å²) in [5, 5.41) is 17.0. The van der Waals surface area contributed by atoms with Gasteiger partial charge >= 0.3 is 0 Å². The second kappa shape index (κ2) is 6.29. The molecule has 2 rings (SSSR count). The van der Waals surface area contributed by atoms with Gasteiger partial charge in [0.1, 0.15) is 5.75 Å². The van der Waals surface area contributed by atoms with Crippen LogP contribution in [0.25, 0.3) is 11.1 Å². The fourth-order valence-electron chi connectivity index (χ4n) is 2.52. The van der Waals surface area contributed by atoms with Gasteiger partial charge in [0, 0.05) is 12.1 Å². The highest BCUT2D eigenvalue weighted by atomic mass is 16.3. The van der Waals surface area contributed by atoms with Gasteiger partial charge in [0.25, 0.3) is 5.75 Å². The summed E-state index contributed by atoms with van der Waals surface area (Å²) < 4.78 is 0. The molecule has 0 heterocycles. The van der Waals surface area contributed by atoms with Crippen LogP contribution in [0.15, 0.2) is 48.5 Å². The molecule has 2 heteroatoms. The molecule has 3 N–H and O–H groups in total. The van der Waals surface area contributed by atoms with E-state index in [0.29, 0.717) is 11.5 Å². The Balaban J connectivity index is 2.52. The first-order valence-electron chi connectivity index (χ1n) is 6.99. The van der Waals surface area contributed by atoms with Crippen LogP contribution in [-0.2, 0) is 0 Å². The Labute approximate surface area is 120 Å². The SMILES string of the molecule is CCC(=C(CC)c1ccc([OH2+])cc1)c1ccc(O)cc1. The number of allylic oxidation sites excluding steroid dienone is 2. The second-order valence-electron chi connectivity index (χ2n) is 4.79. The van der Waals surface area contributed by atoms with Crippen LogP contribution < -0.4 is 0 Å². The molecule has 0 aliphatic rings. The summed E-state index contributed by atoms with van der Waals surface area (Å²) in [5.74, 6) is 0.827. The molecule has 2 aromatic carbocycles. The molecule has 104 valence electrons. The van der Waals surface area contributed by atoms with Gasteiger partial charge in [0.2, 0.25) is 0 Å². The van der Waals surface area contributed by atoms with Crippen LogP contribution >= 0.6 is 0 Å². The van der Waals surface area contributed by atoms with E-state index in [4.69, 9.17) is 5.11 Å². The third-order valence-electron chi connectivity index (χ3n) is 3.52. The highest BCUT2D eigenvalue weighted by Gasteiger charge is 2.09. The predicted molar refractivity (Wildman–Crippen MR) is 85.0 cm³/mol. The number of hydrogen-bond donors (Lipinski definition) is 1. The number of phenols is 1. The molecule has 0 saturated heterocycles.